The fourth-order valence-corrected chi connectivity index (χ4v) is 1.97. The van der Waals surface area contributed by atoms with E-state index in [1.165, 1.54) is 0 Å². The highest BCUT2D eigenvalue weighted by Crippen LogP contribution is 2.30. The maximum absolute atomic E-state index is 11.6. The zero-order valence-electron chi connectivity index (χ0n) is 9.25. The Morgan fingerprint density at radius 2 is 2.40 bits per heavy atom. The fraction of sp³-hybridized carbons (Fsp3) is 0.583. The third-order valence-electron chi connectivity index (χ3n) is 2.89. The average molecular weight is 207 g/mol. The Hall–Kier alpha value is -1.25. The van der Waals surface area contributed by atoms with E-state index in [4.69, 9.17) is 4.42 Å². The van der Waals surface area contributed by atoms with E-state index in [1.54, 1.807) is 6.26 Å². The lowest BCUT2D eigenvalue weighted by atomic mass is 9.93. The molecule has 1 aliphatic carbocycles. The molecule has 0 radical (unpaired) electrons. The maximum Gasteiger partial charge on any atom is 0.223 e. The molecule has 0 aromatic carbocycles. The van der Waals surface area contributed by atoms with Crippen LogP contribution in [0.1, 0.15) is 44.1 Å². The number of nitrogens with one attached hydrogen (secondary N) is 1. The molecule has 3 heteroatoms. The van der Waals surface area contributed by atoms with Gasteiger partial charge in [-0.15, -0.1) is 0 Å². The van der Waals surface area contributed by atoms with Crippen molar-refractivity contribution in [1.29, 1.82) is 0 Å². The number of carbonyl (C=O) groups excluding carboxylic acids is 1. The number of carbonyl (C=O) groups is 1. The van der Waals surface area contributed by atoms with Gasteiger partial charge < -0.3 is 9.73 Å². The van der Waals surface area contributed by atoms with Gasteiger partial charge in [-0.25, -0.2) is 0 Å². The predicted molar refractivity (Wildman–Crippen MR) is 57.4 cm³/mol. The minimum Gasteiger partial charge on any atom is -0.469 e. The Bertz CT molecular complexity index is 354. The van der Waals surface area contributed by atoms with Gasteiger partial charge in [0, 0.05) is 17.9 Å². The van der Waals surface area contributed by atoms with Crippen LogP contribution in [0.2, 0.25) is 0 Å². The third-order valence-corrected chi connectivity index (χ3v) is 2.89. The first kappa shape index (κ1) is 10.3. The molecule has 1 N–H and O–H groups in total. The highest BCUT2D eigenvalue weighted by molar-refractivity contribution is 5.78. The summed E-state index contributed by atoms with van der Waals surface area (Å²) in [5, 5.41) is 3.06. The molecule has 1 atom stereocenters. The second-order valence-corrected chi connectivity index (χ2v) is 4.41. The largest absolute Gasteiger partial charge is 0.469 e. The Morgan fingerprint density at radius 1 is 1.60 bits per heavy atom. The monoisotopic (exact) mass is 207 g/mol. The van der Waals surface area contributed by atoms with Crippen LogP contribution in [0.4, 0.5) is 0 Å². The Balaban J connectivity index is 2.10. The molecule has 3 nitrogen and oxygen atoms in total. The van der Waals surface area contributed by atoms with E-state index in [1.807, 2.05) is 19.9 Å². The molecule has 0 bridgehead atoms. The van der Waals surface area contributed by atoms with Gasteiger partial charge in [0.1, 0.15) is 5.76 Å². The molecule has 1 aliphatic rings. The number of fused-ring (bicyclic) bond motifs is 1. The van der Waals surface area contributed by atoms with Gasteiger partial charge in [0.2, 0.25) is 5.91 Å². The molecule has 0 aliphatic heterocycles. The summed E-state index contributed by atoms with van der Waals surface area (Å²) in [6, 6.07) is 2.13. The number of furan rings is 1. The number of hydrogen-bond donors (Lipinski definition) is 1. The summed E-state index contributed by atoms with van der Waals surface area (Å²) in [6.45, 7) is 3.82. The molecular formula is C12H17NO2. The molecule has 1 heterocycles. The Kier molecular flexibility index (Phi) is 2.80. The average Bonchev–Trinajstić information content (AvgIpc) is 2.66. The topological polar surface area (TPSA) is 42.2 Å². The van der Waals surface area contributed by atoms with Crippen LogP contribution in [0.15, 0.2) is 16.7 Å². The van der Waals surface area contributed by atoms with Crippen molar-refractivity contribution >= 4 is 5.91 Å². The molecule has 0 saturated carbocycles. The Morgan fingerprint density at radius 3 is 3.13 bits per heavy atom. The van der Waals surface area contributed by atoms with E-state index < -0.39 is 0 Å². The van der Waals surface area contributed by atoms with Crippen molar-refractivity contribution < 1.29 is 9.21 Å². The van der Waals surface area contributed by atoms with E-state index in [-0.39, 0.29) is 17.9 Å². The highest BCUT2D eigenvalue weighted by atomic mass is 16.3. The quantitative estimate of drug-likeness (QED) is 0.809. The number of aryl methyl sites for hydroxylation is 1. The van der Waals surface area contributed by atoms with Gasteiger partial charge >= 0.3 is 0 Å². The van der Waals surface area contributed by atoms with Crippen LogP contribution in [0.5, 0.6) is 0 Å². The van der Waals surface area contributed by atoms with Crippen LogP contribution in [0.3, 0.4) is 0 Å². The third kappa shape index (κ3) is 2.06. The molecule has 0 fully saturated rings. The van der Waals surface area contributed by atoms with Gasteiger partial charge in [-0.3, -0.25) is 4.79 Å². The SMILES string of the molecule is CC(C)C(=O)NC1CCCc2occc21. The molecule has 0 spiro atoms. The standard InChI is InChI=1S/C12H17NO2/c1-8(2)12(14)13-10-4-3-5-11-9(10)6-7-15-11/h6-8,10H,3-5H2,1-2H3,(H,13,14). The summed E-state index contributed by atoms with van der Waals surface area (Å²) in [7, 11) is 0. The van der Waals surface area contributed by atoms with Crippen molar-refractivity contribution in [1.82, 2.24) is 5.32 Å². The second kappa shape index (κ2) is 4.09. The smallest absolute Gasteiger partial charge is 0.223 e. The molecular weight excluding hydrogens is 190 g/mol. The summed E-state index contributed by atoms with van der Waals surface area (Å²) in [6.07, 6.45) is 4.81. The van der Waals surface area contributed by atoms with E-state index >= 15 is 0 Å². The molecule has 1 aromatic rings. The minimum absolute atomic E-state index is 0.0438. The summed E-state index contributed by atoms with van der Waals surface area (Å²) in [5.74, 6) is 1.20. The van der Waals surface area contributed by atoms with Gasteiger partial charge in [-0.2, -0.15) is 0 Å². The van der Waals surface area contributed by atoms with Crippen LogP contribution in [0, 0.1) is 5.92 Å². The van der Waals surface area contributed by atoms with E-state index in [9.17, 15) is 4.79 Å². The maximum atomic E-state index is 11.6. The lowest BCUT2D eigenvalue weighted by molar-refractivity contribution is -0.124. The molecule has 1 unspecified atom stereocenters. The number of rotatable bonds is 2. The van der Waals surface area contributed by atoms with Crippen LogP contribution in [-0.2, 0) is 11.2 Å². The molecule has 82 valence electrons. The second-order valence-electron chi connectivity index (χ2n) is 4.41. The van der Waals surface area contributed by atoms with Crippen molar-refractivity contribution in [2.24, 2.45) is 5.92 Å². The van der Waals surface area contributed by atoms with Gasteiger partial charge in [0.25, 0.3) is 0 Å². The van der Waals surface area contributed by atoms with Crippen molar-refractivity contribution in [3.05, 3.63) is 23.7 Å². The lowest BCUT2D eigenvalue weighted by Crippen LogP contribution is -2.33. The summed E-state index contributed by atoms with van der Waals surface area (Å²) in [5.41, 5.74) is 1.16. The van der Waals surface area contributed by atoms with Gasteiger partial charge in [0.15, 0.2) is 0 Å². The zero-order chi connectivity index (χ0) is 10.8. The molecule has 0 saturated heterocycles. The first-order valence-corrected chi connectivity index (χ1v) is 5.55. The molecule has 1 amide bonds. The fourth-order valence-electron chi connectivity index (χ4n) is 1.97. The van der Waals surface area contributed by atoms with Gasteiger partial charge in [-0.1, -0.05) is 13.8 Å². The summed E-state index contributed by atoms with van der Waals surface area (Å²) >= 11 is 0. The van der Waals surface area contributed by atoms with E-state index in [2.05, 4.69) is 5.32 Å². The highest BCUT2D eigenvalue weighted by Gasteiger charge is 2.24. The number of amides is 1. The Labute approximate surface area is 89.9 Å². The van der Waals surface area contributed by atoms with Gasteiger partial charge in [-0.05, 0) is 18.9 Å². The number of hydrogen-bond acceptors (Lipinski definition) is 2. The lowest BCUT2D eigenvalue weighted by Gasteiger charge is -2.23. The molecule has 2 rings (SSSR count). The van der Waals surface area contributed by atoms with Crippen LogP contribution in [-0.4, -0.2) is 5.91 Å². The molecule has 15 heavy (non-hydrogen) atoms. The van der Waals surface area contributed by atoms with E-state index in [0.29, 0.717) is 0 Å². The zero-order valence-corrected chi connectivity index (χ0v) is 9.25. The van der Waals surface area contributed by atoms with Crippen LogP contribution >= 0.6 is 0 Å². The van der Waals surface area contributed by atoms with Crippen molar-refractivity contribution in [3.63, 3.8) is 0 Å². The van der Waals surface area contributed by atoms with Crippen molar-refractivity contribution in [3.8, 4) is 0 Å². The van der Waals surface area contributed by atoms with Crippen LogP contribution < -0.4 is 5.32 Å². The molecule has 1 aromatic heterocycles. The van der Waals surface area contributed by atoms with E-state index in [0.717, 1.165) is 30.6 Å². The van der Waals surface area contributed by atoms with Crippen LogP contribution in [0.25, 0.3) is 0 Å². The minimum atomic E-state index is 0.0438. The first-order chi connectivity index (χ1) is 7.18. The summed E-state index contributed by atoms with van der Waals surface area (Å²) in [4.78, 5) is 11.6. The predicted octanol–water partition coefficient (Wildman–Crippen LogP) is 2.43. The van der Waals surface area contributed by atoms with Gasteiger partial charge in [0.05, 0.1) is 12.3 Å². The van der Waals surface area contributed by atoms with Crippen molar-refractivity contribution in [2.45, 2.75) is 39.2 Å². The normalized spacial score (nSPS) is 20.1. The first-order valence-electron chi connectivity index (χ1n) is 5.55. The van der Waals surface area contributed by atoms with Crippen molar-refractivity contribution in [2.75, 3.05) is 0 Å². The summed E-state index contributed by atoms with van der Waals surface area (Å²) < 4.78 is 5.38.